The molecule has 0 spiro atoms. The highest BCUT2D eigenvalue weighted by Crippen LogP contribution is 2.10. The minimum absolute atomic E-state index is 0.316. The van der Waals surface area contributed by atoms with E-state index in [2.05, 4.69) is 42.6 Å². The Morgan fingerprint density at radius 3 is 2.57 bits per heavy atom. The molecule has 0 aromatic heterocycles. The first-order valence-corrected chi connectivity index (χ1v) is 8.34. The Morgan fingerprint density at radius 1 is 1.19 bits per heavy atom. The molecular formula is C18H28N2O. The molecule has 116 valence electrons. The summed E-state index contributed by atoms with van der Waals surface area (Å²) in [4.78, 5) is 14.1. The van der Waals surface area contributed by atoms with Crippen molar-refractivity contribution in [2.75, 3.05) is 19.6 Å². The summed E-state index contributed by atoms with van der Waals surface area (Å²) in [5.41, 5.74) is 1.36. The van der Waals surface area contributed by atoms with Gasteiger partial charge in [0.05, 0.1) is 0 Å². The third kappa shape index (κ3) is 5.50. The molecule has 0 saturated carbocycles. The van der Waals surface area contributed by atoms with Crippen molar-refractivity contribution in [3.8, 4) is 0 Å². The summed E-state index contributed by atoms with van der Waals surface area (Å²) in [5, 5.41) is 3.54. The molecule has 0 radical (unpaired) electrons. The zero-order chi connectivity index (χ0) is 14.9. The van der Waals surface area contributed by atoms with Crippen molar-refractivity contribution >= 4 is 5.91 Å². The highest BCUT2D eigenvalue weighted by molar-refractivity contribution is 5.76. The average molecular weight is 288 g/mol. The van der Waals surface area contributed by atoms with Crippen LogP contribution in [0.15, 0.2) is 30.3 Å². The fourth-order valence-corrected chi connectivity index (χ4v) is 2.94. The third-order valence-corrected chi connectivity index (χ3v) is 4.30. The largest absolute Gasteiger partial charge is 0.343 e. The first kappa shape index (κ1) is 16.0. The fourth-order valence-electron chi connectivity index (χ4n) is 2.94. The molecule has 1 aliphatic heterocycles. The maximum atomic E-state index is 12.1. The summed E-state index contributed by atoms with van der Waals surface area (Å²) in [6, 6.07) is 11.0. The molecule has 1 aliphatic rings. The van der Waals surface area contributed by atoms with E-state index in [0.717, 1.165) is 32.5 Å². The predicted molar refractivity (Wildman–Crippen MR) is 87.3 cm³/mol. The predicted octanol–water partition coefficient (Wildman–Crippen LogP) is 3.00. The van der Waals surface area contributed by atoms with Crippen molar-refractivity contribution in [1.82, 2.24) is 10.2 Å². The molecule has 1 saturated heterocycles. The van der Waals surface area contributed by atoms with Gasteiger partial charge in [-0.1, -0.05) is 37.3 Å². The average Bonchev–Trinajstić information content (AvgIpc) is 2.55. The number of hydrogen-bond donors (Lipinski definition) is 1. The molecule has 3 heteroatoms. The summed E-state index contributed by atoms with van der Waals surface area (Å²) < 4.78 is 0. The Hall–Kier alpha value is -1.35. The van der Waals surface area contributed by atoms with Crippen LogP contribution in [0.3, 0.4) is 0 Å². The number of nitrogens with one attached hydrogen (secondary N) is 1. The smallest absolute Gasteiger partial charge is 0.223 e. The molecule has 1 unspecified atom stereocenters. The van der Waals surface area contributed by atoms with Gasteiger partial charge in [0.2, 0.25) is 5.91 Å². The van der Waals surface area contributed by atoms with Crippen LogP contribution in [0.25, 0.3) is 0 Å². The van der Waals surface area contributed by atoms with E-state index in [1.54, 1.807) is 0 Å². The molecular weight excluding hydrogens is 260 g/mol. The standard InChI is InChI=1S/C18H28N2O/c1-2-17(15-16-9-5-3-6-10-16)19-12-11-18(21)20-13-7-4-8-14-20/h3,5-6,9-10,17,19H,2,4,7-8,11-15H2,1H3. The normalized spacial score (nSPS) is 16.7. The number of likely N-dealkylation sites (tertiary alicyclic amines) is 1. The van der Waals surface area contributed by atoms with Crippen LogP contribution in [0.5, 0.6) is 0 Å². The summed E-state index contributed by atoms with van der Waals surface area (Å²) in [7, 11) is 0. The maximum absolute atomic E-state index is 12.1. The van der Waals surface area contributed by atoms with Crippen LogP contribution >= 0.6 is 0 Å². The second-order valence-electron chi connectivity index (χ2n) is 5.94. The van der Waals surface area contributed by atoms with Crippen molar-refractivity contribution in [3.05, 3.63) is 35.9 Å². The van der Waals surface area contributed by atoms with Gasteiger partial charge < -0.3 is 10.2 Å². The highest BCUT2D eigenvalue weighted by atomic mass is 16.2. The SMILES string of the molecule is CCC(Cc1ccccc1)NCCC(=O)N1CCCCC1. The Labute approximate surface area is 128 Å². The van der Waals surface area contributed by atoms with Crippen molar-refractivity contribution < 1.29 is 4.79 Å². The van der Waals surface area contributed by atoms with E-state index in [4.69, 9.17) is 0 Å². The maximum Gasteiger partial charge on any atom is 0.223 e. The number of nitrogens with zero attached hydrogens (tertiary/aromatic N) is 1. The van der Waals surface area contributed by atoms with Gasteiger partial charge in [-0.05, 0) is 37.7 Å². The topological polar surface area (TPSA) is 32.3 Å². The van der Waals surface area contributed by atoms with Crippen LogP contribution < -0.4 is 5.32 Å². The first-order valence-electron chi connectivity index (χ1n) is 8.34. The Balaban J connectivity index is 1.69. The number of hydrogen-bond acceptors (Lipinski definition) is 2. The lowest BCUT2D eigenvalue weighted by molar-refractivity contribution is -0.132. The van der Waals surface area contributed by atoms with E-state index in [1.807, 2.05) is 4.90 Å². The lowest BCUT2D eigenvalue weighted by Gasteiger charge is -2.27. The van der Waals surface area contributed by atoms with E-state index >= 15 is 0 Å². The first-order chi connectivity index (χ1) is 10.3. The summed E-state index contributed by atoms with van der Waals surface area (Å²) >= 11 is 0. The molecule has 1 amide bonds. The lowest BCUT2D eigenvalue weighted by atomic mass is 10.0. The van der Waals surface area contributed by atoms with Crippen LogP contribution in [-0.2, 0) is 11.2 Å². The number of piperidine rings is 1. The third-order valence-electron chi connectivity index (χ3n) is 4.30. The molecule has 21 heavy (non-hydrogen) atoms. The van der Waals surface area contributed by atoms with Gasteiger partial charge in [0.1, 0.15) is 0 Å². The van der Waals surface area contributed by atoms with E-state index in [1.165, 1.54) is 24.8 Å². The van der Waals surface area contributed by atoms with Crippen molar-refractivity contribution in [2.24, 2.45) is 0 Å². The van der Waals surface area contributed by atoms with Crippen LogP contribution in [0, 0.1) is 0 Å². The van der Waals surface area contributed by atoms with E-state index in [-0.39, 0.29) is 0 Å². The summed E-state index contributed by atoms with van der Waals surface area (Å²) in [6.45, 7) is 4.91. The second kappa shape index (κ2) is 8.83. The van der Waals surface area contributed by atoms with Crippen molar-refractivity contribution in [2.45, 2.75) is 51.5 Å². The van der Waals surface area contributed by atoms with Gasteiger partial charge in [0.25, 0.3) is 0 Å². The molecule has 1 heterocycles. The molecule has 1 atom stereocenters. The van der Waals surface area contributed by atoms with Gasteiger partial charge in [-0.15, -0.1) is 0 Å². The number of carbonyl (C=O) groups excluding carboxylic acids is 1. The number of rotatable bonds is 7. The lowest BCUT2D eigenvalue weighted by Crippen LogP contribution is -2.39. The van der Waals surface area contributed by atoms with Gasteiger partial charge in [0, 0.05) is 32.1 Å². The minimum atomic E-state index is 0.316. The summed E-state index contributed by atoms with van der Waals surface area (Å²) in [5.74, 6) is 0.316. The number of benzene rings is 1. The quantitative estimate of drug-likeness (QED) is 0.836. The zero-order valence-corrected chi connectivity index (χ0v) is 13.2. The Bertz CT molecular complexity index is 412. The van der Waals surface area contributed by atoms with Gasteiger partial charge in [-0.2, -0.15) is 0 Å². The van der Waals surface area contributed by atoms with Crippen LogP contribution in [0.1, 0.15) is 44.6 Å². The van der Waals surface area contributed by atoms with Crippen molar-refractivity contribution in [3.63, 3.8) is 0 Å². The van der Waals surface area contributed by atoms with E-state index in [9.17, 15) is 4.79 Å². The monoisotopic (exact) mass is 288 g/mol. The minimum Gasteiger partial charge on any atom is -0.343 e. The van der Waals surface area contributed by atoms with Crippen LogP contribution in [-0.4, -0.2) is 36.5 Å². The van der Waals surface area contributed by atoms with E-state index in [0.29, 0.717) is 18.4 Å². The van der Waals surface area contributed by atoms with Gasteiger partial charge in [0.15, 0.2) is 0 Å². The molecule has 0 bridgehead atoms. The van der Waals surface area contributed by atoms with Gasteiger partial charge in [-0.3, -0.25) is 4.79 Å². The van der Waals surface area contributed by atoms with Gasteiger partial charge >= 0.3 is 0 Å². The molecule has 2 rings (SSSR count). The number of amides is 1. The van der Waals surface area contributed by atoms with Gasteiger partial charge in [-0.25, -0.2) is 0 Å². The Morgan fingerprint density at radius 2 is 1.90 bits per heavy atom. The molecule has 1 aromatic carbocycles. The summed E-state index contributed by atoms with van der Waals surface area (Å²) in [6.07, 6.45) is 6.37. The molecule has 1 N–H and O–H groups in total. The molecule has 0 aliphatic carbocycles. The fraction of sp³-hybridized carbons (Fsp3) is 0.611. The molecule has 1 aromatic rings. The second-order valence-corrected chi connectivity index (χ2v) is 5.94. The van der Waals surface area contributed by atoms with Crippen LogP contribution in [0.4, 0.5) is 0 Å². The Kier molecular flexibility index (Phi) is 6.74. The highest BCUT2D eigenvalue weighted by Gasteiger charge is 2.16. The van der Waals surface area contributed by atoms with Crippen molar-refractivity contribution in [1.29, 1.82) is 0 Å². The number of carbonyl (C=O) groups is 1. The van der Waals surface area contributed by atoms with Crippen LogP contribution in [0.2, 0.25) is 0 Å². The zero-order valence-electron chi connectivity index (χ0n) is 13.2. The molecule has 1 fully saturated rings. The molecule has 3 nitrogen and oxygen atoms in total. The van der Waals surface area contributed by atoms with E-state index < -0.39 is 0 Å².